The Morgan fingerprint density at radius 3 is 2.52 bits per heavy atom. The standard InChI is InChI=1S/C26H32F2O7.C4H11N/c1-4-5-22-34-21-10-15-16-9-18(27)17-8-14(30)6-7-23(17,2)25(16,28)19(31)11-24(15,3)26(21,35-22)20(32)12-33-13-29;1-4(2,3)5/h6-8,13,15-16,18-19,21-22,31H,4-5,9-12H2,1-3H3;5H2,1-3H3/t15?,16?,18-,19?,21?,22?,23+,24?,25-,26?;/m0./s1. The first-order chi connectivity index (χ1) is 18.5. The second-order valence-corrected chi connectivity index (χ2v) is 13.5. The molecule has 224 valence electrons. The summed E-state index contributed by atoms with van der Waals surface area (Å²) in [6.07, 6.45) is 0.413. The van der Waals surface area contributed by atoms with Crippen molar-refractivity contribution in [3.05, 3.63) is 23.8 Å². The lowest BCUT2D eigenvalue weighted by Gasteiger charge is -2.63. The second kappa shape index (κ2) is 10.4. The van der Waals surface area contributed by atoms with Gasteiger partial charge >= 0.3 is 0 Å². The summed E-state index contributed by atoms with van der Waals surface area (Å²) in [4.78, 5) is 36.4. The molecule has 5 rings (SSSR count). The van der Waals surface area contributed by atoms with Gasteiger partial charge in [0, 0.05) is 22.3 Å². The van der Waals surface area contributed by atoms with Crippen LogP contribution < -0.4 is 5.73 Å². The molecule has 0 amide bonds. The fraction of sp³-hybridized carbons (Fsp3) is 0.767. The molecule has 4 fully saturated rings. The Morgan fingerprint density at radius 2 is 1.93 bits per heavy atom. The zero-order valence-corrected chi connectivity index (χ0v) is 24.2. The summed E-state index contributed by atoms with van der Waals surface area (Å²) in [6, 6.07) is 0. The van der Waals surface area contributed by atoms with Gasteiger partial charge in [0.2, 0.25) is 5.78 Å². The SMILES string of the molecule is CC(C)(C)N.CCCC1OC2CC3C4C[C@H](F)C5=CC(=O)C=C[C@@]5(C)[C@@]4(F)C(O)CC3(C)C2(C(=O)COC=O)O1. The number of alkyl halides is 2. The molecule has 3 saturated carbocycles. The van der Waals surface area contributed by atoms with Gasteiger partial charge in [0.1, 0.15) is 6.17 Å². The lowest BCUT2D eigenvalue weighted by molar-refractivity contribution is -0.234. The number of ketones is 2. The van der Waals surface area contributed by atoms with Crippen LogP contribution in [0.2, 0.25) is 0 Å². The summed E-state index contributed by atoms with van der Waals surface area (Å²) in [6.45, 7) is 10.8. The zero-order chi connectivity index (χ0) is 29.9. The van der Waals surface area contributed by atoms with Gasteiger partial charge in [0.15, 0.2) is 29.9 Å². The minimum Gasteiger partial charge on any atom is -0.460 e. The molecular weight excluding hydrogens is 524 g/mol. The van der Waals surface area contributed by atoms with E-state index in [1.165, 1.54) is 19.1 Å². The Balaban J connectivity index is 0.000000681. The summed E-state index contributed by atoms with van der Waals surface area (Å²) in [5.41, 5.74) is -1.00. The maximum Gasteiger partial charge on any atom is 0.293 e. The van der Waals surface area contributed by atoms with E-state index in [1.807, 2.05) is 27.7 Å². The highest BCUT2D eigenvalue weighted by atomic mass is 19.1. The minimum absolute atomic E-state index is 0. The molecule has 0 aromatic carbocycles. The number of carbonyl (C=O) groups excluding carboxylic acids is 3. The highest BCUT2D eigenvalue weighted by Gasteiger charge is 2.80. The van der Waals surface area contributed by atoms with Crippen molar-refractivity contribution in [3.63, 3.8) is 0 Å². The average Bonchev–Trinajstić information content (AvgIpc) is 3.32. The van der Waals surface area contributed by atoms with Crippen molar-refractivity contribution in [2.24, 2.45) is 28.4 Å². The molecule has 8 nitrogen and oxygen atoms in total. The number of ether oxygens (including phenoxy) is 3. The fourth-order valence-corrected chi connectivity index (χ4v) is 8.10. The number of nitrogens with two attached hydrogens (primary N) is 1. The van der Waals surface area contributed by atoms with E-state index in [0.717, 1.165) is 12.5 Å². The van der Waals surface area contributed by atoms with Crippen molar-refractivity contribution in [1.29, 1.82) is 0 Å². The summed E-state index contributed by atoms with van der Waals surface area (Å²) < 4.78 is 50.1. The Kier molecular flexibility index (Phi) is 8.02. The van der Waals surface area contributed by atoms with Gasteiger partial charge in [0.05, 0.1) is 12.2 Å². The van der Waals surface area contributed by atoms with Crippen LogP contribution in [-0.4, -0.2) is 71.2 Å². The Morgan fingerprint density at radius 1 is 1.27 bits per heavy atom. The van der Waals surface area contributed by atoms with Crippen molar-refractivity contribution in [2.45, 2.75) is 115 Å². The fourth-order valence-electron chi connectivity index (χ4n) is 8.10. The first kappa shape index (κ1) is 30.9. The Hall–Kier alpha value is -2.01. The van der Waals surface area contributed by atoms with E-state index in [-0.39, 0.29) is 36.8 Å². The van der Waals surface area contributed by atoms with E-state index < -0.39 is 76.8 Å². The van der Waals surface area contributed by atoms with Crippen LogP contribution in [0, 0.1) is 22.7 Å². The number of halogens is 2. The van der Waals surface area contributed by atoms with Crippen LogP contribution in [-0.2, 0) is 28.6 Å². The molecule has 1 heterocycles. The molecule has 4 aliphatic carbocycles. The average molecular weight is 568 g/mol. The number of rotatable bonds is 6. The lowest BCUT2D eigenvalue weighted by Crippen LogP contribution is -2.71. The predicted molar refractivity (Wildman–Crippen MR) is 142 cm³/mol. The molecule has 0 aromatic heterocycles. The van der Waals surface area contributed by atoms with E-state index in [1.54, 1.807) is 6.92 Å². The van der Waals surface area contributed by atoms with Gasteiger partial charge in [-0.05, 0) is 77.0 Å². The van der Waals surface area contributed by atoms with Crippen LogP contribution >= 0.6 is 0 Å². The predicted octanol–water partition coefficient (Wildman–Crippen LogP) is 3.68. The molecule has 7 unspecified atom stereocenters. The zero-order valence-electron chi connectivity index (χ0n) is 24.2. The molecule has 10 heteroatoms. The Labute approximate surface area is 234 Å². The molecule has 0 bridgehead atoms. The van der Waals surface area contributed by atoms with E-state index in [2.05, 4.69) is 0 Å². The van der Waals surface area contributed by atoms with Crippen molar-refractivity contribution in [2.75, 3.05) is 6.61 Å². The van der Waals surface area contributed by atoms with E-state index in [0.29, 0.717) is 6.42 Å². The molecule has 5 aliphatic rings. The van der Waals surface area contributed by atoms with Crippen molar-refractivity contribution >= 4 is 18.0 Å². The normalized spacial score (nSPS) is 45.2. The van der Waals surface area contributed by atoms with Gasteiger partial charge in [-0.2, -0.15) is 0 Å². The largest absolute Gasteiger partial charge is 0.460 e. The van der Waals surface area contributed by atoms with Gasteiger partial charge in [-0.15, -0.1) is 0 Å². The van der Waals surface area contributed by atoms with Crippen molar-refractivity contribution in [3.8, 4) is 0 Å². The van der Waals surface area contributed by atoms with Crippen LogP contribution in [0.3, 0.4) is 0 Å². The van der Waals surface area contributed by atoms with Gasteiger partial charge in [-0.3, -0.25) is 14.4 Å². The number of hydrogen-bond donors (Lipinski definition) is 2. The monoisotopic (exact) mass is 567 g/mol. The number of Topliss-reactive ketones (excluding diaryl/α,β-unsaturated/α-hetero) is 1. The molecule has 1 aliphatic heterocycles. The molecule has 3 N–H and O–H groups in total. The molecule has 40 heavy (non-hydrogen) atoms. The third-order valence-corrected chi connectivity index (χ3v) is 9.64. The summed E-state index contributed by atoms with van der Waals surface area (Å²) >= 11 is 0. The van der Waals surface area contributed by atoms with Crippen LogP contribution in [0.1, 0.15) is 73.6 Å². The van der Waals surface area contributed by atoms with Crippen LogP contribution in [0.5, 0.6) is 0 Å². The first-order valence-corrected chi connectivity index (χ1v) is 14.2. The number of carbonyl (C=O) groups is 3. The van der Waals surface area contributed by atoms with Crippen molar-refractivity contribution < 1.29 is 42.5 Å². The number of allylic oxidation sites excluding steroid dienone is 4. The smallest absolute Gasteiger partial charge is 0.293 e. The maximum atomic E-state index is 17.3. The maximum absolute atomic E-state index is 17.3. The Bertz CT molecular complexity index is 1100. The number of aliphatic hydroxyl groups excluding tert-OH is 1. The molecule has 0 radical (unpaired) electrons. The third-order valence-electron chi connectivity index (χ3n) is 9.64. The van der Waals surface area contributed by atoms with Gasteiger partial charge in [0.25, 0.3) is 6.47 Å². The highest BCUT2D eigenvalue weighted by molar-refractivity contribution is 6.01. The topological polar surface area (TPSA) is 125 Å². The van der Waals surface area contributed by atoms with Gasteiger partial charge in [-0.25, -0.2) is 8.78 Å². The quantitative estimate of drug-likeness (QED) is 0.466. The molecular formula is C30H43F2NO7. The first-order valence-electron chi connectivity index (χ1n) is 14.2. The lowest BCUT2D eigenvalue weighted by atomic mass is 9.44. The molecule has 10 atom stereocenters. The van der Waals surface area contributed by atoms with E-state index in [9.17, 15) is 19.5 Å². The van der Waals surface area contributed by atoms with E-state index >= 15 is 8.78 Å². The molecule has 1 saturated heterocycles. The second-order valence-electron chi connectivity index (χ2n) is 13.5. The van der Waals surface area contributed by atoms with Crippen LogP contribution in [0.4, 0.5) is 8.78 Å². The number of hydrogen-bond acceptors (Lipinski definition) is 8. The number of aliphatic hydroxyl groups is 1. The third kappa shape index (κ3) is 4.50. The van der Waals surface area contributed by atoms with E-state index in [4.69, 9.17) is 19.9 Å². The molecule has 0 aromatic rings. The molecule has 0 spiro atoms. The van der Waals surface area contributed by atoms with Gasteiger partial charge in [-0.1, -0.05) is 26.3 Å². The summed E-state index contributed by atoms with van der Waals surface area (Å²) in [7, 11) is 0. The summed E-state index contributed by atoms with van der Waals surface area (Å²) in [5, 5.41) is 11.5. The summed E-state index contributed by atoms with van der Waals surface area (Å²) in [5.74, 6) is -2.41. The van der Waals surface area contributed by atoms with Crippen LogP contribution in [0.15, 0.2) is 23.8 Å². The van der Waals surface area contributed by atoms with Crippen LogP contribution in [0.25, 0.3) is 0 Å². The highest BCUT2D eigenvalue weighted by Crippen LogP contribution is 2.72. The van der Waals surface area contributed by atoms with Crippen molar-refractivity contribution in [1.82, 2.24) is 0 Å². The number of fused-ring (bicyclic) bond motifs is 7. The van der Waals surface area contributed by atoms with Gasteiger partial charge < -0.3 is 25.1 Å². The minimum atomic E-state index is -2.26.